The molecule has 0 saturated heterocycles. The van der Waals surface area contributed by atoms with Gasteiger partial charge in [0, 0.05) is 17.6 Å². The van der Waals surface area contributed by atoms with E-state index >= 15 is 0 Å². The van der Waals surface area contributed by atoms with Crippen molar-refractivity contribution in [3.8, 4) is 11.3 Å². The normalized spacial score (nSPS) is 11.0. The van der Waals surface area contributed by atoms with E-state index in [1.54, 1.807) is 11.8 Å². The first-order chi connectivity index (χ1) is 11.8. The second kappa shape index (κ2) is 7.96. The van der Waals surface area contributed by atoms with Gasteiger partial charge in [0.1, 0.15) is 17.0 Å². The summed E-state index contributed by atoms with van der Waals surface area (Å²) >= 11 is 0. The third-order valence-electron chi connectivity index (χ3n) is 3.84. The van der Waals surface area contributed by atoms with E-state index in [2.05, 4.69) is 5.16 Å². The monoisotopic (exact) mass is 344 g/mol. The average molecular weight is 344 g/mol. The van der Waals surface area contributed by atoms with Crippen LogP contribution in [0.3, 0.4) is 0 Å². The lowest BCUT2D eigenvalue weighted by molar-refractivity contribution is -0.138. The van der Waals surface area contributed by atoms with Gasteiger partial charge in [-0.3, -0.25) is 4.79 Å². The zero-order chi connectivity index (χ0) is 18.6. The van der Waals surface area contributed by atoms with Crippen LogP contribution in [0.5, 0.6) is 0 Å². The van der Waals surface area contributed by atoms with E-state index in [0.29, 0.717) is 11.5 Å². The van der Waals surface area contributed by atoms with E-state index in [1.165, 1.54) is 0 Å². The first-order valence-electron chi connectivity index (χ1n) is 8.32. The summed E-state index contributed by atoms with van der Waals surface area (Å²) in [5.74, 6) is -0.479. The summed E-state index contributed by atoms with van der Waals surface area (Å²) in [6, 6.07) is 9.30. The van der Waals surface area contributed by atoms with Crippen LogP contribution >= 0.6 is 0 Å². The Hall–Kier alpha value is -2.63. The molecule has 0 N–H and O–H groups in total. The molecule has 1 aromatic carbocycles. The van der Waals surface area contributed by atoms with Crippen molar-refractivity contribution in [2.24, 2.45) is 0 Å². The number of hydrogen-bond donors (Lipinski definition) is 0. The molecule has 1 heterocycles. The lowest BCUT2D eigenvalue weighted by atomic mass is 10.1. The fourth-order valence-corrected chi connectivity index (χ4v) is 2.85. The molecule has 2 aromatic rings. The number of hydrogen-bond acceptors (Lipinski definition) is 5. The highest BCUT2D eigenvalue weighted by Crippen LogP contribution is 2.25. The van der Waals surface area contributed by atoms with Crippen LogP contribution < -0.4 is 0 Å². The third kappa shape index (κ3) is 4.26. The van der Waals surface area contributed by atoms with E-state index in [-0.39, 0.29) is 30.2 Å². The molecule has 6 heteroatoms. The zero-order valence-corrected chi connectivity index (χ0v) is 15.3. The molecule has 0 aliphatic rings. The standard InChI is InChI=1S/C19H24N2O4/c1-12(2)21(13(3)4)16(22)11-24-19(23)17-14(5)25-20-18(17)15-9-7-6-8-10-15/h6-10,12-13H,11H2,1-5H3. The highest BCUT2D eigenvalue weighted by molar-refractivity contribution is 5.98. The molecule has 0 aliphatic carbocycles. The number of benzene rings is 1. The van der Waals surface area contributed by atoms with Gasteiger partial charge in [0.05, 0.1) is 0 Å². The molecule has 0 radical (unpaired) electrons. The summed E-state index contributed by atoms with van der Waals surface area (Å²) in [5.41, 5.74) is 1.42. The third-order valence-corrected chi connectivity index (χ3v) is 3.84. The zero-order valence-electron chi connectivity index (χ0n) is 15.3. The SMILES string of the molecule is Cc1onc(-c2ccccc2)c1C(=O)OCC(=O)N(C(C)C)C(C)C. The van der Waals surface area contributed by atoms with Crippen molar-refractivity contribution in [1.29, 1.82) is 0 Å². The van der Waals surface area contributed by atoms with Crippen molar-refractivity contribution >= 4 is 11.9 Å². The Balaban J connectivity index is 2.15. The van der Waals surface area contributed by atoms with Crippen LogP contribution in [0.1, 0.15) is 43.8 Å². The van der Waals surface area contributed by atoms with Gasteiger partial charge in [-0.05, 0) is 34.6 Å². The summed E-state index contributed by atoms with van der Waals surface area (Å²) < 4.78 is 10.4. The molecule has 1 amide bonds. The van der Waals surface area contributed by atoms with Crippen molar-refractivity contribution in [2.45, 2.75) is 46.7 Å². The van der Waals surface area contributed by atoms with Gasteiger partial charge in [0.15, 0.2) is 6.61 Å². The van der Waals surface area contributed by atoms with Gasteiger partial charge >= 0.3 is 5.97 Å². The van der Waals surface area contributed by atoms with Crippen LogP contribution in [0.25, 0.3) is 11.3 Å². The number of nitrogens with zero attached hydrogens (tertiary/aromatic N) is 2. The highest BCUT2D eigenvalue weighted by atomic mass is 16.5. The number of amides is 1. The Labute approximate surface area is 147 Å². The Morgan fingerprint density at radius 1 is 1.12 bits per heavy atom. The molecule has 6 nitrogen and oxygen atoms in total. The predicted octanol–water partition coefficient (Wildman–Crippen LogP) is 3.45. The van der Waals surface area contributed by atoms with Crippen LogP contribution in [0.15, 0.2) is 34.9 Å². The van der Waals surface area contributed by atoms with Crippen LogP contribution in [0.2, 0.25) is 0 Å². The topological polar surface area (TPSA) is 72.6 Å². The van der Waals surface area contributed by atoms with E-state index < -0.39 is 5.97 Å². The molecule has 0 spiro atoms. The predicted molar refractivity (Wildman–Crippen MR) is 94.1 cm³/mol. The molecule has 0 saturated carbocycles. The molecule has 25 heavy (non-hydrogen) atoms. The van der Waals surface area contributed by atoms with Crippen LogP contribution in [-0.4, -0.2) is 40.6 Å². The molecule has 0 unspecified atom stereocenters. The van der Waals surface area contributed by atoms with E-state index in [4.69, 9.17) is 9.26 Å². The van der Waals surface area contributed by atoms with Gasteiger partial charge in [-0.25, -0.2) is 4.79 Å². The number of ether oxygens (including phenoxy) is 1. The van der Waals surface area contributed by atoms with Gasteiger partial charge in [0.25, 0.3) is 5.91 Å². The van der Waals surface area contributed by atoms with E-state index in [9.17, 15) is 9.59 Å². The van der Waals surface area contributed by atoms with Crippen LogP contribution in [0, 0.1) is 6.92 Å². The molecular weight excluding hydrogens is 320 g/mol. The van der Waals surface area contributed by atoms with Crippen LogP contribution in [-0.2, 0) is 9.53 Å². The maximum Gasteiger partial charge on any atom is 0.344 e. The molecule has 1 aromatic heterocycles. The number of esters is 1. The van der Waals surface area contributed by atoms with Gasteiger partial charge in [-0.15, -0.1) is 0 Å². The molecule has 0 bridgehead atoms. The van der Waals surface area contributed by atoms with Crippen molar-refractivity contribution in [1.82, 2.24) is 10.1 Å². The van der Waals surface area contributed by atoms with E-state index in [0.717, 1.165) is 5.56 Å². The fraction of sp³-hybridized carbons (Fsp3) is 0.421. The van der Waals surface area contributed by atoms with Crippen molar-refractivity contribution in [3.05, 3.63) is 41.7 Å². The Morgan fingerprint density at radius 3 is 2.28 bits per heavy atom. The maximum absolute atomic E-state index is 12.5. The summed E-state index contributed by atoms with van der Waals surface area (Å²) in [4.78, 5) is 26.5. The minimum absolute atomic E-state index is 0.0309. The van der Waals surface area contributed by atoms with Crippen molar-refractivity contribution < 1.29 is 18.8 Å². The summed E-state index contributed by atoms with van der Waals surface area (Å²) in [5, 5.41) is 3.95. The van der Waals surface area contributed by atoms with Crippen molar-refractivity contribution in [2.75, 3.05) is 6.61 Å². The molecule has 0 aliphatic heterocycles. The Kier molecular flexibility index (Phi) is 5.96. The smallest absolute Gasteiger partial charge is 0.344 e. The lowest BCUT2D eigenvalue weighted by Gasteiger charge is -2.30. The minimum Gasteiger partial charge on any atom is -0.452 e. The summed E-state index contributed by atoms with van der Waals surface area (Å²) in [6.07, 6.45) is 0. The molecular formula is C19H24N2O4. The number of carbonyl (C=O) groups excluding carboxylic acids is 2. The molecule has 134 valence electrons. The largest absolute Gasteiger partial charge is 0.452 e. The quantitative estimate of drug-likeness (QED) is 0.751. The number of aryl methyl sites for hydroxylation is 1. The minimum atomic E-state index is -0.613. The Morgan fingerprint density at radius 2 is 1.72 bits per heavy atom. The lowest BCUT2D eigenvalue weighted by Crippen LogP contribution is -2.44. The van der Waals surface area contributed by atoms with Gasteiger partial charge < -0.3 is 14.2 Å². The number of aromatic nitrogens is 1. The summed E-state index contributed by atoms with van der Waals surface area (Å²) in [7, 11) is 0. The number of rotatable bonds is 6. The van der Waals surface area contributed by atoms with Gasteiger partial charge in [-0.1, -0.05) is 35.5 Å². The molecule has 0 atom stereocenters. The van der Waals surface area contributed by atoms with Gasteiger partial charge in [-0.2, -0.15) is 0 Å². The van der Waals surface area contributed by atoms with Crippen LogP contribution in [0.4, 0.5) is 0 Å². The molecule has 2 rings (SSSR count). The van der Waals surface area contributed by atoms with Crippen molar-refractivity contribution in [3.63, 3.8) is 0 Å². The fourth-order valence-electron chi connectivity index (χ4n) is 2.85. The van der Waals surface area contributed by atoms with Gasteiger partial charge in [0.2, 0.25) is 0 Å². The van der Waals surface area contributed by atoms with E-state index in [1.807, 2.05) is 58.0 Å². The summed E-state index contributed by atoms with van der Waals surface area (Å²) in [6.45, 7) is 9.05. The second-order valence-corrected chi connectivity index (χ2v) is 6.39. The second-order valence-electron chi connectivity index (χ2n) is 6.39. The maximum atomic E-state index is 12.5. The molecule has 0 fully saturated rings. The average Bonchev–Trinajstić information content (AvgIpc) is 2.94. The first kappa shape index (κ1) is 18.7. The Bertz CT molecular complexity index is 727. The first-order valence-corrected chi connectivity index (χ1v) is 8.32. The number of carbonyl (C=O) groups is 2. The highest BCUT2D eigenvalue weighted by Gasteiger charge is 2.26.